The van der Waals surface area contributed by atoms with Crippen LogP contribution in [-0.4, -0.2) is 29.9 Å². The van der Waals surface area contributed by atoms with Crippen molar-refractivity contribution >= 4 is 29.2 Å². The second-order valence-corrected chi connectivity index (χ2v) is 8.08. The highest BCUT2D eigenvalue weighted by molar-refractivity contribution is 6.31. The summed E-state index contributed by atoms with van der Waals surface area (Å²) in [6, 6.07) is 15.0. The molecule has 2 aromatic carbocycles. The van der Waals surface area contributed by atoms with Gasteiger partial charge in [0.2, 0.25) is 5.91 Å². The Balaban J connectivity index is 1.62. The molecule has 148 valence electrons. The number of carbonyl (C=O) groups excluding carboxylic acids is 2. The van der Waals surface area contributed by atoms with Gasteiger partial charge in [-0.1, -0.05) is 48.0 Å². The molecule has 0 radical (unpaired) electrons. The molecule has 0 bridgehead atoms. The number of nitrogens with zero attached hydrogens (tertiary/aromatic N) is 1. The van der Waals surface area contributed by atoms with Gasteiger partial charge in [0.05, 0.1) is 5.41 Å². The van der Waals surface area contributed by atoms with Gasteiger partial charge in [-0.25, -0.2) is 4.79 Å². The van der Waals surface area contributed by atoms with Gasteiger partial charge in [-0.15, -0.1) is 0 Å². The highest BCUT2D eigenvalue weighted by Crippen LogP contribution is 2.30. The quantitative estimate of drug-likeness (QED) is 0.789. The van der Waals surface area contributed by atoms with Gasteiger partial charge in [0.1, 0.15) is 0 Å². The summed E-state index contributed by atoms with van der Waals surface area (Å²) >= 11 is 6.04. The van der Waals surface area contributed by atoms with Crippen LogP contribution in [0.5, 0.6) is 0 Å². The van der Waals surface area contributed by atoms with Crippen LogP contribution in [0.3, 0.4) is 0 Å². The predicted octanol–water partition coefficient (Wildman–Crippen LogP) is 4.60. The van der Waals surface area contributed by atoms with E-state index in [2.05, 4.69) is 10.6 Å². The van der Waals surface area contributed by atoms with E-state index in [0.29, 0.717) is 30.3 Å². The fraction of sp³-hybridized carbons (Fsp3) is 0.364. The molecule has 1 saturated heterocycles. The first kappa shape index (κ1) is 20.2. The summed E-state index contributed by atoms with van der Waals surface area (Å²) < 4.78 is 0. The lowest BCUT2D eigenvalue weighted by molar-refractivity contribution is -0.132. The van der Waals surface area contributed by atoms with Gasteiger partial charge in [0.25, 0.3) is 0 Å². The summed E-state index contributed by atoms with van der Waals surface area (Å²) in [5, 5.41) is 6.52. The molecular formula is C22H26ClN3O2. The maximum atomic E-state index is 12.8. The van der Waals surface area contributed by atoms with Gasteiger partial charge in [-0.05, 0) is 49.9 Å². The topological polar surface area (TPSA) is 61.4 Å². The van der Waals surface area contributed by atoms with Crippen molar-refractivity contribution in [1.29, 1.82) is 0 Å². The third kappa shape index (κ3) is 4.84. The summed E-state index contributed by atoms with van der Waals surface area (Å²) in [4.78, 5) is 27.3. The maximum absolute atomic E-state index is 12.8. The van der Waals surface area contributed by atoms with E-state index in [1.807, 2.05) is 50.2 Å². The Morgan fingerprint density at radius 3 is 2.68 bits per heavy atom. The normalized spacial score (nSPS) is 19.2. The van der Waals surface area contributed by atoms with E-state index in [9.17, 15) is 9.59 Å². The lowest BCUT2D eigenvalue weighted by Gasteiger charge is -2.39. The van der Waals surface area contributed by atoms with Crippen LogP contribution in [0.4, 0.5) is 10.5 Å². The number of carbonyl (C=O) groups is 2. The molecule has 6 heteroatoms. The van der Waals surface area contributed by atoms with Gasteiger partial charge >= 0.3 is 6.03 Å². The standard InChI is InChI=1S/C22H26ClN3O2/c1-16-9-10-18(23)13-19(16)25-21(28)26-12-6-11-22(2,15-26)20(27)24-14-17-7-4-3-5-8-17/h3-5,7-10,13H,6,11-12,14-15H2,1-2H3,(H,24,27)(H,25,28). The molecule has 1 aliphatic rings. The summed E-state index contributed by atoms with van der Waals surface area (Å²) in [5.41, 5.74) is 2.09. The zero-order valence-electron chi connectivity index (χ0n) is 16.3. The zero-order chi connectivity index (χ0) is 20.1. The number of hydrogen-bond acceptors (Lipinski definition) is 2. The Labute approximate surface area is 171 Å². The van der Waals surface area contributed by atoms with Crippen LogP contribution in [0.1, 0.15) is 30.9 Å². The average Bonchev–Trinajstić information content (AvgIpc) is 2.69. The molecule has 3 amide bonds. The van der Waals surface area contributed by atoms with Crippen LogP contribution in [-0.2, 0) is 11.3 Å². The Morgan fingerprint density at radius 2 is 1.93 bits per heavy atom. The molecule has 0 aromatic heterocycles. The van der Waals surface area contributed by atoms with Crippen LogP contribution < -0.4 is 10.6 Å². The molecule has 1 atom stereocenters. The van der Waals surface area contributed by atoms with E-state index in [-0.39, 0.29) is 11.9 Å². The second kappa shape index (κ2) is 8.65. The third-order valence-corrected chi connectivity index (χ3v) is 5.50. The van der Waals surface area contributed by atoms with E-state index in [4.69, 9.17) is 11.6 Å². The molecule has 5 nitrogen and oxygen atoms in total. The Bertz CT molecular complexity index is 856. The second-order valence-electron chi connectivity index (χ2n) is 7.64. The SMILES string of the molecule is Cc1ccc(Cl)cc1NC(=O)N1CCCC(C)(C(=O)NCc2ccccc2)C1. The molecule has 0 saturated carbocycles. The highest BCUT2D eigenvalue weighted by Gasteiger charge is 2.39. The number of nitrogens with one attached hydrogen (secondary N) is 2. The van der Waals surface area contributed by atoms with Crippen LogP contribution in [0.25, 0.3) is 0 Å². The lowest BCUT2D eigenvalue weighted by atomic mass is 9.81. The van der Waals surface area contributed by atoms with E-state index >= 15 is 0 Å². The van der Waals surface area contributed by atoms with Crippen molar-refractivity contribution in [3.8, 4) is 0 Å². The van der Waals surface area contributed by atoms with E-state index < -0.39 is 5.41 Å². The minimum absolute atomic E-state index is 0.0206. The summed E-state index contributed by atoms with van der Waals surface area (Å²) in [5.74, 6) is -0.0206. The molecule has 2 aromatic rings. The molecule has 0 spiro atoms. The third-order valence-electron chi connectivity index (χ3n) is 5.27. The number of urea groups is 1. The fourth-order valence-electron chi connectivity index (χ4n) is 3.51. The fourth-order valence-corrected chi connectivity index (χ4v) is 3.68. The van der Waals surface area contributed by atoms with E-state index in [1.54, 1.807) is 17.0 Å². The van der Waals surface area contributed by atoms with Crippen molar-refractivity contribution < 1.29 is 9.59 Å². The van der Waals surface area contributed by atoms with Gasteiger partial charge < -0.3 is 15.5 Å². The molecule has 1 aliphatic heterocycles. The summed E-state index contributed by atoms with van der Waals surface area (Å²) in [6.07, 6.45) is 1.55. The van der Waals surface area contributed by atoms with Gasteiger partial charge in [0.15, 0.2) is 0 Å². The Kier molecular flexibility index (Phi) is 6.25. The van der Waals surface area contributed by atoms with Crippen LogP contribution >= 0.6 is 11.6 Å². The molecule has 1 unspecified atom stereocenters. The number of rotatable bonds is 4. The number of halogens is 1. The van der Waals surface area contributed by atoms with Gasteiger partial charge in [0, 0.05) is 30.3 Å². The number of anilines is 1. The first-order chi connectivity index (χ1) is 13.4. The van der Waals surface area contributed by atoms with E-state index in [0.717, 1.165) is 24.0 Å². The van der Waals surface area contributed by atoms with Crippen molar-refractivity contribution in [2.45, 2.75) is 33.2 Å². The molecule has 1 fully saturated rings. The largest absolute Gasteiger partial charge is 0.351 e. The number of aryl methyl sites for hydroxylation is 1. The number of hydrogen-bond donors (Lipinski definition) is 2. The minimum Gasteiger partial charge on any atom is -0.351 e. The molecule has 1 heterocycles. The van der Waals surface area contributed by atoms with E-state index in [1.165, 1.54) is 0 Å². The van der Waals surface area contributed by atoms with Gasteiger partial charge in [-0.3, -0.25) is 4.79 Å². The Morgan fingerprint density at radius 1 is 1.18 bits per heavy atom. The first-order valence-electron chi connectivity index (χ1n) is 9.52. The van der Waals surface area contributed by atoms with Crippen LogP contribution in [0, 0.1) is 12.3 Å². The maximum Gasteiger partial charge on any atom is 0.321 e. The monoisotopic (exact) mass is 399 g/mol. The number of benzene rings is 2. The van der Waals surface area contributed by atoms with Gasteiger partial charge in [-0.2, -0.15) is 0 Å². The van der Waals surface area contributed by atoms with Crippen LogP contribution in [0.2, 0.25) is 5.02 Å². The van der Waals surface area contributed by atoms with Crippen LogP contribution in [0.15, 0.2) is 48.5 Å². The predicted molar refractivity (Wildman–Crippen MR) is 112 cm³/mol. The average molecular weight is 400 g/mol. The van der Waals surface area contributed by atoms with Crippen molar-refractivity contribution in [3.63, 3.8) is 0 Å². The van der Waals surface area contributed by atoms with Crippen molar-refractivity contribution in [3.05, 3.63) is 64.7 Å². The lowest BCUT2D eigenvalue weighted by Crippen LogP contribution is -2.52. The zero-order valence-corrected chi connectivity index (χ0v) is 17.1. The smallest absolute Gasteiger partial charge is 0.321 e. The summed E-state index contributed by atoms with van der Waals surface area (Å²) in [7, 11) is 0. The number of amides is 3. The number of likely N-dealkylation sites (tertiary alicyclic amines) is 1. The van der Waals surface area contributed by atoms with Crippen molar-refractivity contribution in [2.24, 2.45) is 5.41 Å². The number of piperidine rings is 1. The molecule has 28 heavy (non-hydrogen) atoms. The summed E-state index contributed by atoms with van der Waals surface area (Å²) in [6.45, 7) is 5.36. The Hall–Kier alpha value is -2.53. The van der Waals surface area contributed by atoms with Crippen molar-refractivity contribution in [1.82, 2.24) is 10.2 Å². The minimum atomic E-state index is -0.603. The molecule has 3 rings (SSSR count). The molecule has 2 N–H and O–H groups in total. The molecular weight excluding hydrogens is 374 g/mol. The molecule has 0 aliphatic carbocycles. The highest BCUT2D eigenvalue weighted by atomic mass is 35.5. The van der Waals surface area contributed by atoms with Crippen molar-refractivity contribution in [2.75, 3.05) is 18.4 Å². The first-order valence-corrected chi connectivity index (χ1v) is 9.89.